The van der Waals surface area contributed by atoms with Gasteiger partial charge in [-0.3, -0.25) is 14.4 Å². The fourth-order valence-corrected chi connectivity index (χ4v) is 3.62. The van der Waals surface area contributed by atoms with E-state index in [1.54, 1.807) is 32.0 Å². The first-order valence-electron chi connectivity index (χ1n) is 9.62. The van der Waals surface area contributed by atoms with Crippen LogP contribution in [-0.4, -0.2) is 51.6 Å². The van der Waals surface area contributed by atoms with Crippen LogP contribution in [0.3, 0.4) is 0 Å². The Morgan fingerprint density at radius 2 is 1.80 bits per heavy atom. The Labute approximate surface area is 172 Å². The maximum absolute atomic E-state index is 13.0. The molecular formula is C21H22N2O7. The van der Waals surface area contributed by atoms with Crippen LogP contribution in [0.2, 0.25) is 0 Å². The molecule has 1 aliphatic carbocycles. The van der Waals surface area contributed by atoms with Crippen molar-refractivity contribution in [1.82, 2.24) is 9.55 Å². The lowest BCUT2D eigenvalue weighted by Gasteiger charge is -2.12. The van der Waals surface area contributed by atoms with E-state index in [9.17, 15) is 24.3 Å². The molecule has 0 bridgehead atoms. The SMILES string of the molecule is CCOC(=O)Cc1cn(C2Cc3c(CC(=O)OCC)cccc3C2=O)c(C(=O)O)n1. The van der Waals surface area contributed by atoms with Crippen LogP contribution in [0.1, 0.15) is 57.7 Å². The van der Waals surface area contributed by atoms with Gasteiger partial charge in [-0.1, -0.05) is 18.2 Å². The first kappa shape index (κ1) is 21.2. The minimum Gasteiger partial charge on any atom is -0.475 e. The number of esters is 2. The van der Waals surface area contributed by atoms with Gasteiger partial charge in [-0.15, -0.1) is 0 Å². The summed E-state index contributed by atoms with van der Waals surface area (Å²) in [5.74, 6) is -2.82. The van der Waals surface area contributed by atoms with Gasteiger partial charge in [-0.25, -0.2) is 9.78 Å². The highest BCUT2D eigenvalue weighted by Gasteiger charge is 2.36. The number of hydrogen-bond acceptors (Lipinski definition) is 7. The van der Waals surface area contributed by atoms with E-state index < -0.39 is 23.9 Å². The third-order valence-corrected chi connectivity index (χ3v) is 4.82. The van der Waals surface area contributed by atoms with Crippen LogP contribution in [0.4, 0.5) is 0 Å². The second-order valence-corrected chi connectivity index (χ2v) is 6.76. The van der Waals surface area contributed by atoms with Crippen LogP contribution in [0.25, 0.3) is 0 Å². The zero-order valence-corrected chi connectivity index (χ0v) is 16.7. The predicted molar refractivity (Wildman–Crippen MR) is 103 cm³/mol. The van der Waals surface area contributed by atoms with E-state index in [0.717, 1.165) is 0 Å². The molecule has 1 heterocycles. The molecule has 2 aromatic rings. The summed E-state index contributed by atoms with van der Waals surface area (Å²) in [7, 11) is 0. The number of carboxylic acids is 1. The number of rotatable bonds is 8. The second kappa shape index (κ2) is 8.89. The van der Waals surface area contributed by atoms with Crippen molar-refractivity contribution in [3.8, 4) is 0 Å². The zero-order chi connectivity index (χ0) is 21.8. The summed E-state index contributed by atoms with van der Waals surface area (Å²) in [4.78, 5) is 52.4. The number of benzene rings is 1. The van der Waals surface area contributed by atoms with Crippen molar-refractivity contribution in [2.24, 2.45) is 0 Å². The number of nitrogens with zero attached hydrogens (tertiary/aromatic N) is 2. The molecule has 9 heteroatoms. The number of imidazole rings is 1. The van der Waals surface area contributed by atoms with Gasteiger partial charge in [0.15, 0.2) is 5.78 Å². The minimum atomic E-state index is -1.30. The van der Waals surface area contributed by atoms with Crippen LogP contribution in [0.5, 0.6) is 0 Å². The van der Waals surface area contributed by atoms with Gasteiger partial charge in [-0.05, 0) is 25.0 Å². The number of hydrogen-bond donors (Lipinski definition) is 1. The number of carbonyl (C=O) groups excluding carboxylic acids is 3. The van der Waals surface area contributed by atoms with Crippen LogP contribution >= 0.6 is 0 Å². The Balaban J connectivity index is 1.92. The summed E-state index contributed by atoms with van der Waals surface area (Å²) in [5.41, 5.74) is 2.02. The summed E-state index contributed by atoms with van der Waals surface area (Å²) in [6.45, 7) is 3.84. The van der Waals surface area contributed by atoms with Gasteiger partial charge in [0.05, 0.1) is 31.7 Å². The maximum atomic E-state index is 13.0. The van der Waals surface area contributed by atoms with Crippen molar-refractivity contribution in [3.63, 3.8) is 0 Å². The lowest BCUT2D eigenvalue weighted by molar-refractivity contribution is -0.143. The fraction of sp³-hybridized carbons (Fsp3) is 0.381. The van der Waals surface area contributed by atoms with E-state index in [0.29, 0.717) is 16.7 Å². The molecule has 1 aromatic carbocycles. The van der Waals surface area contributed by atoms with Gasteiger partial charge in [0, 0.05) is 18.2 Å². The molecule has 0 fully saturated rings. The number of fused-ring (bicyclic) bond motifs is 1. The summed E-state index contributed by atoms with van der Waals surface area (Å²) >= 11 is 0. The summed E-state index contributed by atoms with van der Waals surface area (Å²) < 4.78 is 11.2. The van der Waals surface area contributed by atoms with Gasteiger partial charge in [0.25, 0.3) is 0 Å². The molecular weight excluding hydrogens is 392 g/mol. The highest BCUT2D eigenvalue weighted by molar-refractivity contribution is 6.04. The highest BCUT2D eigenvalue weighted by Crippen LogP contribution is 2.34. The fourth-order valence-electron chi connectivity index (χ4n) is 3.62. The minimum absolute atomic E-state index is 0.0286. The lowest BCUT2D eigenvalue weighted by Crippen LogP contribution is -2.20. The molecule has 1 N–H and O–H groups in total. The Morgan fingerprint density at radius 3 is 2.43 bits per heavy atom. The molecule has 1 aromatic heterocycles. The summed E-state index contributed by atoms with van der Waals surface area (Å²) in [6.07, 6.45) is 1.46. The van der Waals surface area contributed by atoms with Crippen LogP contribution in [0.15, 0.2) is 24.4 Å². The van der Waals surface area contributed by atoms with Crippen molar-refractivity contribution in [2.75, 3.05) is 13.2 Å². The van der Waals surface area contributed by atoms with E-state index in [2.05, 4.69) is 4.98 Å². The first-order valence-corrected chi connectivity index (χ1v) is 9.62. The lowest BCUT2D eigenvalue weighted by atomic mass is 10.0. The normalized spacial score (nSPS) is 15.0. The van der Waals surface area contributed by atoms with Gasteiger partial charge in [0.2, 0.25) is 5.82 Å². The number of carboxylic acid groups (broad SMARTS) is 1. The Kier molecular flexibility index (Phi) is 6.29. The quantitative estimate of drug-likeness (QED) is 0.648. The van der Waals surface area contributed by atoms with Crippen molar-refractivity contribution in [3.05, 3.63) is 52.6 Å². The van der Waals surface area contributed by atoms with E-state index in [1.165, 1.54) is 10.8 Å². The van der Waals surface area contributed by atoms with E-state index in [1.807, 2.05) is 0 Å². The molecule has 0 radical (unpaired) electrons. The van der Waals surface area contributed by atoms with E-state index in [-0.39, 0.29) is 49.8 Å². The monoisotopic (exact) mass is 414 g/mol. The number of aromatic nitrogens is 2. The topological polar surface area (TPSA) is 125 Å². The van der Waals surface area contributed by atoms with Gasteiger partial charge in [0.1, 0.15) is 6.04 Å². The molecule has 1 unspecified atom stereocenters. The molecule has 0 saturated heterocycles. The zero-order valence-electron chi connectivity index (χ0n) is 16.7. The largest absolute Gasteiger partial charge is 0.475 e. The van der Waals surface area contributed by atoms with Crippen molar-refractivity contribution in [2.45, 2.75) is 39.2 Å². The second-order valence-electron chi connectivity index (χ2n) is 6.76. The highest BCUT2D eigenvalue weighted by atomic mass is 16.5. The van der Waals surface area contributed by atoms with Crippen LogP contribution in [0, 0.1) is 0 Å². The van der Waals surface area contributed by atoms with Crippen molar-refractivity contribution >= 4 is 23.7 Å². The molecule has 1 aliphatic rings. The van der Waals surface area contributed by atoms with Crippen molar-refractivity contribution in [1.29, 1.82) is 0 Å². The number of aromatic carboxylic acids is 1. The molecule has 158 valence electrons. The smallest absolute Gasteiger partial charge is 0.372 e. The van der Waals surface area contributed by atoms with Gasteiger partial charge >= 0.3 is 17.9 Å². The number of ketones is 1. The molecule has 0 amide bonds. The van der Waals surface area contributed by atoms with E-state index >= 15 is 0 Å². The van der Waals surface area contributed by atoms with E-state index in [4.69, 9.17) is 9.47 Å². The molecule has 0 aliphatic heterocycles. The third kappa shape index (κ3) is 4.24. The molecule has 0 spiro atoms. The number of Topliss-reactive ketones (excluding diaryl/α,β-unsaturated/α-hetero) is 1. The Morgan fingerprint density at radius 1 is 1.13 bits per heavy atom. The molecule has 9 nitrogen and oxygen atoms in total. The molecule has 0 saturated carbocycles. The first-order chi connectivity index (χ1) is 14.3. The van der Waals surface area contributed by atoms with Gasteiger partial charge < -0.3 is 19.1 Å². The standard InChI is InChI=1S/C21H22N2O7/c1-3-29-17(24)8-12-6-5-7-14-15(12)10-16(19(14)26)23-11-13(9-18(25)30-4-2)22-20(23)21(27)28/h5-7,11,16H,3-4,8-10H2,1-2H3,(H,27,28). The Bertz CT molecular complexity index is 1010. The predicted octanol–water partition coefficient (Wildman–Crippen LogP) is 1.77. The van der Waals surface area contributed by atoms with Gasteiger partial charge in [-0.2, -0.15) is 0 Å². The van der Waals surface area contributed by atoms with Crippen LogP contribution in [-0.2, 0) is 38.3 Å². The third-order valence-electron chi connectivity index (χ3n) is 4.82. The average Bonchev–Trinajstić information content (AvgIpc) is 3.24. The van der Waals surface area contributed by atoms with Crippen molar-refractivity contribution < 1.29 is 33.8 Å². The number of ether oxygens (including phenoxy) is 2. The maximum Gasteiger partial charge on any atom is 0.372 e. The summed E-state index contributed by atoms with van der Waals surface area (Å²) in [6, 6.07) is 4.27. The molecule has 3 rings (SSSR count). The summed E-state index contributed by atoms with van der Waals surface area (Å²) in [5, 5.41) is 9.54. The Hall–Kier alpha value is -3.49. The number of carbonyl (C=O) groups is 4. The average molecular weight is 414 g/mol. The molecule has 30 heavy (non-hydrogen) atoms. The van der Waals surface area contributed by atoms with Crippen LogP contribution < -0.4 is 0 Å². The molecule has 1 atom stereocenters.